The molecule has 1 saturated carbocycles. The summed E-state index contributed by atoms with van der Waals surface area (Å²) in [5.41, 5.74) is 11.5. The Morgan fingerprint density at radius 1 is 0.967 bits per heavy atom. The summed E-state index contributed by atoms with van der Waals surface area (Å²) in [6, 6.07) is -1.13. The normalized spacial score (nSPS) is 35.4. The third-order valence-electron chi connectivity index (χ3n) is 7.77. The SMILES string of the molecule is CC1(C)[C@@H]2[C@H]3C(=O)C[C@H](C(=O)C(N)=O)CCCCCCCCC[C@H](N)C(=O)N3C[C@@H]21. The number of nitrogens with two attached hydrogens (primary N) is 2. The lowest BCUT2D eigenvalue weighted by Gasteiger charge is -2.32. The average molecular weight is 420 g/mol. The van der Waals surface area contributed by atoms with Crippen LogP contribution in [0.25, 0.3) is 0 Å². The van der Waals surface area contributed by atoms with Gasteiger partial charge in [-0.1, -0.05) is 58.8 Å². The number of carbonyl (C=O) groups is 4. The minimum absolute atomic E-state index is 0.00519. The highest BCUT2D eigenvalue weighted by atomic mass is 16.2. The van der Waals surface area contributed by atoms with Gasteiger partial charge in [-0.25, -0.2) is 0 Å². The molecule has 0 aromatic rings. The standard InChI is InChI=1S/C23H37N3O4/c1-23(2)15-13-26-19(18(15)23)17(27)12-14(20(28)21(25)29)10-8-6-4-3-5-7-9-11-16(24)22(26)30/h14-16,18-19H,3-13,24H2,1-2H3,(H2,25,29)/t14-,15+,16+,18+,19-/m1/s1. The van der Waals surface area contributed by atoms with Crippen LogP contribution in [-0.4, -0.2) is 46.9 Å². The van der Waals surface area contributed by atoms with E-state index >= 15 is 0 Å². The van der Waals surface area contributed by atoms with Crippen LogP contribution in [0.5, 0.6) is 0 Å². The molecule has 1 aliphatic carbocycles. The lowest BCUT2D eigenvalue weighted by atomic mass is 9.86. The van der Waals surface area contributed by atoms with Crippen LogP contribution in [0.1, 0.15) is 78.1 Å². The summed E-state index contributed by atoms with van der Waals surface area (Å²) >= 11 is 0. The quantitative estimate of drug-likeness (QED) is 0.662. The monoisotopic (exact) mass is 419 g/mol. The van der Waals surface area contributed by atoms with Crippen LogP contribution in [-0.2, 0) is 19.2 Å². The molecule has 4 N–H and O–H groups in total. The third kappa shape index (κ3) is 4.61. The first-order valence-electron chi connectivity index (χ1n) is 11.6. The van der Waals surface area contributed by atoms with E-state index < -0.39 is 29.7 Å². The van der Waals surface area contributed by atoms with Crippen LogP contribution in [0, 0.1) is 23.2 Å². The number of piperidine rings is 1. The number of ketones is 2. The molecule has 0 aromatic heterocycles. The Balaban J connectivity index is 1.81. The van der Waals surface area contributed by atoms with E-state index in [1.165, 1.54) is 0 Å². The fourth-order valence-corrected chi connectivity index (χ4v) is 5.75. The maximum atomic E-state index is 13.4. The van der Waals surface area contributed by atoms with Gasteiger partial charge in [0, 0.05) is 18.9 Å². The lowest BCUT2D eigenvalue weighted by Crippen LogP contribution is -2.52. The molecule has 7 heteroatoms. The van der Waals surface area contributed by atoms with E-state index in [9.17, 15) is 19.2 Å². The number of hydrogen-bond acceptors (Lipinski definition) is 5. The second kappa shape index (κ2) is 9.16. The Morgan fingerprint density at radius 3 is 2.13 bits per heavy atom. The Hall–Kier alpha value is -1.76. The highest BCUT2D eigenvalue weighted by Gasteiger charge is 2.69. The summed E-state index contributed by atoms with van der Waals surface area (Å²) in [5, 5.41) is 0. The molecule has 2 heterocycles. The summed E-state index contributed by atoms with van der Waals surface area (Å²) in [4.78, 5) is 52.0. The molecule has 0 aromatic carbocycles. The van der Waals surface area contributed by atoms with Crippen molar-refractivity contribution in [2.24, 2.45) is 34.6 Å². The molecule has 3 aliphatic rings. The van der Waals surface area contributed by atoms with E-state index in [1.807, 2.05) is 0 Å². The first-order chi connectivity index (χ1) is 14.2. The van der Waals surface area contributed by atoms with Crippen molar-refractivity contribution < 1.29 is 19.2 Å². The Labute approximate surface area is 179 Å². The number of fused-ring (bicyclic) bond motifs is 3. The van der Waals surface area contributed by atoms with E-state index in [-0.39, 0.29) is 35.4 Å². The first-order valence-corrected chi connectivity index (χ1v) is 11.6. The highest BCUT2D eigenvalue weighted by molar-refractivity contribution is 6.36. The summed E-state index contributed by atoms with van der Waals surface area (Å²) < 4.78 is 0. The Morgan fingerprint density at radius 2 is 1.53 bits per heavy atom. The van der Waals surface area contributed by atoms with Gasteiger partial charge in [-0.15, -0.1) is 0 Å². The molecule has 5 atom stereocenters. The van der Waals surface area contributed by atoms with Crippen LogP contribution in [0.2, 0.25) is 0 Å². The van der Waals surface area contributed by atoms with Crippen molar-refractivity contribution in [1.29, 1.82) is 0 Å². The van der Waals surface area contributed by atoms with Crippen LogP contribution < -0.4 is 11.5 Å². The van der Waals surface area contributed by atoms with E-state index in [4.69, 9.17) is 11.5 Å². The zero-order chi connectivity index (χ0) is 22.1. The number of primary amides is 1. The van der Waals surface area contributed by atoms with Gasteiger partial charge in [0.2, 0.25) is 11.7 Å². The molecule has 3 rings (SSSR count). The van der Waals surface area contributed by atoms with E-state index in [0.29, 0.717) is 19.4 Å². The predicted molar refractivity (Wildman–Crippen MR) is 113 cm³/mol. The summed E-state index contributed by atoms with van der Waals surface area (Å²) in [6.07, 6.45) is 8.11. The van der Waals surface area contributed by atoms with Gasteiger partial charge in [0.1, 0.15) is 0 Å². The molecule has 30 heavy (non-hydrogen) atoms. The summed E-state index contributed by atoms with van der Waals surface area (Å²) in [7, 11) is 0. The van der Waals surface area contributed by atoms with Crippen molar-refractivity contribution in [3.05, 3.63) is 0 Å². The van der Waals surface area contributed by atoms with Gasteiger partial charge in [-0.2, -0.15) is 0 Å². The van der Waals surface area contributed by atoms with Crippen LogP contribution in [0.4, 0.5) is 0 Å². The molecule has 0 spiro atoms. The van der Waals surface area contributed by atoms with Crippen molar-refractivity contribution in [3.63, 3.8) is 0 Å². The van der Waals surface area contributed by atoms with Gasteiger partial charge in [-0.3, -0.25) is 19.2 Å². The zero-order valence-electron chi connectivity index (χ0n) is 18.4. The smallest absolute Gasteiger partial charge is 0.285 e. The van der Waals surface area contributed by atoms with Crippen molar-refractivity contribution in [2.75, 3.05) is 6.54 Å². The highest BCUT2D eigenvalue weighted by Crippen LogP contribution is 2.65. The first kappa shape index (κ1) is 22.9. The fraction of sp³-hybridized carbons (Fsp3) is 0.826. The molecule has 0 radical (unpaired) electrons. The second-order valence-electron chi connectivity index (χ2n) is 10.1. The molecular formula is C23H37N3O4. The Bertz CT molecular complexity index is 705. The van der Waals surface area contributed by atoms with Crippen molar-refractivity contribution >= 4 is 23.4 Å². The largest absolute Gasteiger partial charge is 0.363 e. The number of nitrogens with zero attached hydrogens (tertiary/aromatic N) is 1. The van der Waals surface area contributed by atoms with Crippen molar-refractivity contribution in [3.8, 4) is 0 Å². The van der Waals surface area contributed by atoms with Crippen LogP contribution >= 0.6 is 0 Å². The molecule has 0 bridgehead atoms. The molecule has 2 aliphatic heterocycles. The predicted octanol–water partition coefficient (Wildman–Crippen LogP) is 1.95. The van der Waals surface area contributed by atoms with Crippen LogP contribution in [0.3, 0.4) is 0 Å². The summed E-state index contributed by atoms with van der Waals surface area (Å²) in [6.45, 7) is 4.81. The number of carbonyl (C=O) groups excluding carboxylic acids is 4. The second-order valence-corrected chi connectivity index (χ2v) is 10.1. The van der Waals surface area contributed by atoms with Crippen molar-refractivity contribution in [2.45, 2.75) is 90.1 Å². The van der Waals surface area contributed by atoms with Crippen molar-refractivity contribution in [1.82, 2.24) is 4.90 Å². The minimum atomic E-state index is -0.979. The average Bonchev–Trinajstić information content (AvgIpc) is 3.04. The zero-order valence-corrected chi connectivity index (χ0v) is 18.4. The van der Waals surface area contributed by atoms with Gasteiger partial charge < -0.3 is 16.4 Å². The molecular weight excluding hydrogens is 382 g/mol. The summed E-state index contributed by atoms with van der Waals surface area (Å²) in [5.74, 6) is -2.22. The lowest BCUT2D eigenvalue weighted by molar-refractivity contribution is -0.143. The van der Waals surface area contributed by atoms with Crippen LogP contribution in [0.15, 0.2) is 0 Å². The minimum Gasteiger partial charge on any atom is -0.363 e. The molecule has 2 saturated heterocycles. The number of hydrogen-bond donors (Lipinski definition) is 2. The number of amides is 2. The fourth-order valence-electron chi connectivity index (χ4n) is 5.75. The third-order valence-corrected chi connectivity index (χ3v) is 7.77. The van der Waals surface area contributed by atoms with Gasteiger partial charge in [0.15, 0.2) is 5.78 Å². The molecule has 7 nitrogen and oxygen atoms in total. The van der Waals surface area contributed by atoms with Gasteiger partial charge in [-0.05, 0) is 30.1 Å². The van der Waals surface area contributed by atoms with E-state index in [0.717, 1.165) is 44.9 Å². The topological polar surface area (TPSA) is 124 Å². The van der Waals surface area contributed by atoms with Gasteiger partial charge >= 0.3 is 0 Å². The molecule has 168 valence electrons. The maximum absolute atomic E-state index is 13.4. The number of Topliss-reactive ketones (excluding diaryl/α,β-unsaturated/α-hetero) is 2. The molecule has 0 unspecified atom stereocenters. The van der Waals surface area contributed by atoms with Gasteiger partial charge in [0.05, 0.1) is 12.1 Å². The van der Waals surface area contributed by atoms with Gasteiger partial charge in [0.25, 0.3) is 5.91 Å². The Kier molecular flexibility index (Phi) is 7.00. The molecule has 2 amide bonds. The maximum Gasteiger partial charge on any atom is 0.285 e. The van der Waals surface area contributed by atoms with E-state index in [2.05, 4.69) is 13.8 Å². The molecule has 3 fully saturated rings. The number of rotatable bonds is 2. The van der Waals surface area contributed by atoms with E-state index in [1.54, 1.807) is 4.90 Å².